The first-order chi connectivity index (χ1) is 9.38. The molecule has 0 radical (unpaired) electrons. The molecule has 104 valence electrons. The van der Waals surface area contributed by atoms with E-state index in [9.17, 15) is 14.5 Å². The molecule has 2 aromatic carbocycles. The zero-order valence-corrected chi connectivity index (χ0v) is 11.4. The lowest BCUT2D eigenvalue weighted by atomic mass is 10.2. The van der Waals surface area contributed by atoms with Gasteiger partial charge in [0, 0.05) is 5.69 Å². The number of nitrogens with one attached hydrogen (secondary N) is 1. The molecule has 0 spiro atoms. The number of rotatable bonds is 3. The van der Waals surface area contributed by atoms with E-state index in [2.05, 4.69) is 5.32 Å². The zero-order chi connectivity index (χ0) is 14.9. The molecule has 0 atom stereocenters. The predicted molar refractivity (Wildman–Crippen MR) is 77.2 cm³/mol. The van der Waals surface area contributed by atoms with Crippen molar-refractivity contribution in [1.29, 1.82) is 0 Å². The molecule has 8 heteroatoms. The number of anilines is 3. The van der Waals surface area contributed by atoms with Crippen LogP contribution < -0.4 is 11.1 Å². The van der Waals surface area contributed by atoms with Crippen molar-refractivity contribution in [1.82, 2.24) is 0 Å². The lowest BCUT2D eigenvalue weighted by Crippen LogP contribution is -1.99. The van der Waals surface area contributed by atoms with E-state index in [1.807, 2.05) is 0 Å². The van der Waals surface area contributed by atoms with Gasteiger partial charge in [0.15, 0.2) is 0 Å². The van der Waals surface area contributed by atoms with Crippen LogP contribution in [0.3, 0.4) is 0 Å². The molecule has 0 saturated carbocycles. The largest absolute Gasteiger partial charge is 0.399 e. The molecule has 2 aromatic rings. The maximum absolute atomic E-state index is 13.3. The predicted octanol–water partition coefficient (Wildman–Crippen LogP) is 4.37. The van der Waals surface area contributed by atoms with E-state index in [1.165, 1.54) is 12.1 Å². The topological polar surface area (TPSA) is 81.2 Å². The first kappa shape index (κ1) is 14.4. The number of halogens is 3. The van der Waals surface area contributed by atoms with Crippen LogP contribution in [0.4, 0.5) is 27.1 Å². The van der Waals surface area contributed by atoms with Crippen LogP contribution in [0.15, 0.2) is 30.3 Å². The van der Waals surface area contributed by atoms with E-state index in [0.717, 1.165) is 12.1 Å². The summed E-state index contributed by atoms with van der Waals surface area (Å²) in [5.74, 6) is -0.873. The molecule has 0 amide bonds. The Hall–Kier alpha value is -2.05. The number of hydrogen-bond donors (Lipinski definition) is 2. The van der Waals surface area contributed by atoms with Crippen molar-refractivity contribution in [2.45, 2.75) is 0 Å². The van der Waals surface area contributed by atoms with Crippen molar-refractivity contribution < 1.29 is 9.31 Å². The van der Waals surface area contributed by atoms with Gasteiger partial charge in [-0.1, -0.05) is 23.2 Å². The first-order valence-corrected chi connectivity index (χ1v) is 6.09. The number of nitro benzene ring substituents is 1. The lowest BCUT2D eigenvalue weighted by Gasteiger charge is -2.10. The standard InChI is InChI=1S/C12H8Cl2FN3O2/c13-7-2-1-6(16)3-10(7)17-11-4-8(14)9(15)5-12(11)18(19)20/h1-5,17H,16H2. The van der Waals surface area contributed by atoms with Crippen LogP contribution in [0, 0.1) is 15.9 Å². The van der Waals surface area contributed by atoms with Gasteiger partial charge in [-0.2, -0.15) is 0 Å². The average molecular weight is 316 g/mol. The second-order valence-corrected chi connectivity index (χ2v) is 4.72. The Labute approximate surface area is 123 Å². The lowest BCUT2D eigenvalue weighted by molar-refractivity contribution is -0.384. The van der Waals surface area contributed by atoms with Crippen LogP contribution in [0.5, 0.6) is 0 Å². The smallest absolute Gasteiger partial charge is 0.295 e. The van der Waals surface area contributed by atoms with Crippen LogP contribution in [-0.4, -0.2) is 4.92 Å². The quantitative estimate of drug-likeness (QED) is 0.500. The van der Waals surface area contributed by atoms with E-state index >= 15 is 0 Å². The van der Waals surface area contributed by atoms with Gasteiger partial charge in [-0.05, 0) is 24.3 Å². The summed E-state index contributed by atoms with van der Waals surface area (Å²) in [7, 11) is 0. The Morgan fingerprint density at radius 2 is 1.85 bits per heavy atom. The molecule has 0 aliphatic heterocycles. The molecule has 0 heterocycles. The van der Waals surface area contributed by atoms with Crippen LogP contribution >= 0.6 is 23.2 Å². The molecule has 3 N–H and O–H groups in total. The third kappa shape index (κ3) is 2.92. The summed E-state index contributed by atoms with van der Waals surface area (Å²) in [4.78, 5) is 10.2. The molecule has 5 nitrogen and oxygen atoms in total. The summed E-state index contributed by atoms with van der Waals surface area (Å²) in [6, 6.07) is 6.48. The maximum atomic E-state index is 13.3. The van der Waals surface area contributed by atoms with Gasteiger partial charge in [-0.3, -0.25) is 10.1 Å². The van der Waals surface area contributed by atoms with Gasteiger partial charge in [0.1, 0.15) is 11.5 Å². The Balaban J connectivity index is 2.50. The summed E-state index contributed by atoms with van der Waals surface area (Å²) in [6.45, 7) is 0. The highest BCUT2D eigenvalue weighted by molar-refractivity contribution is 6.33. The van der Waals surface area contributed by atoms with Gasteiger partial charge in [-0.25, -0.2) is 4.39 Å². The number of benzene rings is 2. The van der Waals surface area contributed by atoms with Crippen LogP contribution in [0.2, 0.25) is 10.0 Å². The first-order valence-electron chi connectivity index (χ1n) is 5.34. The van der Waals surface area contributed by atoms with Crippen molar-refractivity contribution in [2.24, 2.45) is 0 Å². The molecule has 0 aliphatic carbocycles. The summed E-state index contributed by atoms with van der Waals surface area (Å²) in [6.07, 6.45) is 0. The van der Waals surface area contributed by atoms with Gasteiger partial charge < -0.3 is 11.1 Å². The highest BCUT2D eigenvalue weighted by Crippen LogP contribution is 2.35. The molecular weight excluding hydrogens is 308 g/mol. The zero-order valence-electron chi connectivity index (χ0n) is 9.86. The minimum absolute atomic E-state index is 0.0221. The minimum Gasteiger partial charge on any atom is -0.399 e. The van der Waals surface area contributed by atoms with E-state index in [0.29, 0.717) is 16.4 Å². The normalized spacial score (nSPS) is 10.3. The van der Waals surface area contributed by atoms with Gasteiger partial charge in [-0.15, -0.1) is 0 Å². The fourth-order valence-electron chi connectivity index (χ4n) is 1.57. The van der Waals surface area contributed by atoms with E-state index in [-0.39, 0.29) is 10.7 Å². The van der Waals surface area contributed by atoms with Gasteiger partial charge in [0.2, 0.25) is 0 Å². The fourth-order valence-corrected chi connectivity index (χ4v) is 1.90. The highest BCUT2D eigenvalue weighted by Gasteiger charge is 2.18. The van der Waals surface area contributed by atoms with Crippen molar-refractivity contribution in [2.75, 3.05) is 11.1 Å². The Morgan fingerprint density at radius 3 is 2.50 bits per heavy atom. The number of nitro groups is 1. The molecule has 0 saturated heterocycles. The molecule has 20 heavy (non-hydrogen) atoms. The molecule has 2 rings (SSSR count). The second-order valence-electron chi connectivity index (χ2n) is 3.90. The number of hydrogen-bond acceptors (Lipinski definition) is 4. The van der Waals surface area contributed by atoms with E-state index in [4.69, 9.17) is 28.9 Å². The Bertz CT molecular complexity index is 695. The second kappa shape index (κ2) is 5.52. The fraction of sp³-hybridized carbons (Fsp3) is 0. The van der Waals surface area contributed by atoms with Crippen molar-refractivity contribution in [3.8, 4) is 0 Å². The molecule has 0 aliphatic rings. The summed E-state index contributed by atoms with van der Waals surface area (Å²) < 4.78 is 13.3. The third-order valence-corrected chi connectivity index (χ3v) is 3.11. The number of nitrogen functional groups attached to an aromatic ring is 1. The van der Waals surface area contributed by atoms with Crippen molar-refractivity contribution >= 4 is 46.0 Å². The van der Waals surface area contributed by atoms with E-state index < -0.39 is 16.4 Å². The summed E-state index contributed by atoms with van der Waals surface area (Å²) in [5, 5.41) is 13.7. The van der Waals surface area contributed by atoms with E-state index in [1.54, 1.807) is 6.07 Å². The van der Waals surface area contributed by atoms with Crippen molar-refractivity contribution in [3.63, 3.8) is 0 Å². The maximum Gasteiger partial charge on any atom is 0.295 e. The minimum atomic E-state index is -0.873. The number of nitrogens with zero attached hydrogens (tertiary/aromatic N) is 1. The average Bonchev–Trinajstić information content (AvgIpc) is 2.37. The molecule has 0 fully saturated rings. The highest BCUT2D eigenvalue weighted by atomic mass is 35.5. The molecule has 0 bridgehead atoms. The summed E-state index contributed by atoms with van der Waals surface area (Å²) in [5.41, 5.74) is 5.97. The molecule has 0 unspecified atom stereocenters. The summed E-state index contributed by atoms with van der Waals surface area (Å²) >= 11 is 11.6. The third-order valence-electron chi connectivity index (χ3n) is 2.50. The van der Waals surface area contributed by atoms with Gasteiger partial charge in [0.25, 0.3) is 5.69 Å². The molecule has 0 aromatic heterocycles. The van der Waals surface area contributed by atoms with Gasteiger partial charge in [0.05, 0.1) is 26.7 Å². The Kier molecular flexibility index (Phi) is 3.96. The monoisotopic (exact) mass is 315 g/mol. The Morgan fingerprint density at radius 1 is 1.15 bits per heavy atom. The van der Waals surface area contributed by atoms with Crippen LogP contribution in [-0.2, 0) is 0 Å². The van der Waals surface area contributed by atoms with Crippen LogP contribution in [0.25, 0.3) is 0 Å². The van der Waals surface area contributed by atoms with Crippen molar-refractivity contribution in [3.05, 3.63) is 56.3 Å². The van der Waals surface area contributed by atoms with Crippen LogP contribution in [0.1, 0.15) is 0 Å². The van der Waals surface area contributed by atoms with Gasteiger partial charge >= 0.3 is 0 Å². The SMILES string of the molecule is Nc1ccc(Cl)c(Nc2cc(Cl)c(F)cc2[N+](=O)[O-])c1. The number of nitrogens with two attached hydrogens (primary N) is 1. The molecular formula is C12H8Cl2FN3O2.